The van der Waals surface area contributed by atoms with Gasteiger partial charge in [-0.3, -0.25) is 4.90 Å². The standard InChI is InChI=1S/C22H24N2O4/c25-22-18-5-2-1-4-16(18)17-6-7-20-19(21(17)28-22)14-24(15-27-20)9-3-8-23-10-12-26-13-11-23/h1-2,4-7H,3,8-15H2/p+2. The Kier molecular flexibility index (Phi) is 4.76. The molecule has 1 aromatic heterocycles. The van der Waals surface area contributed by atoms with E-state index in [-0.39, 0.29) is 5.63 Å². The average Bonchev–Trinajstić information content (AvgIpc) is 2.75. The number of hydrogen-bond acceptors (Lipinski definition) is 4. The molecule has 3 heterocycles. The van der Waals surface area contributed by atoms with Crippen LogP contribution in [-0.2, 0) is 11.3 Å². The van der Waals surface area contributed by atoms with Crippen LogP contribution >= 0.6 is 0 Å². The smallest absolute Gasteiger partial charge is 0.344 e. The molecule has 0 bridgehead atoms. The van der Waals surface area contributed by atoms with E-state index in [1.54, 1.807) is 4.90 Å². The van der Waals surface area contributed by atoms with Crippen LogP contribution in [0.2, 0.25) is 0 Å². The van der Waals surface area contributed by atoms with E-state index in [0.29, 0.717) is 17.7 Å². The van der Waals surface area contributed by atoms with E-state index in [1.807, 2.05) is 36.4 Å². The zero-order valence-corrected chi connectivity index (χ0v) is 16.0. The van der Waals surface area contributed by atoms with Gasteiger partial charge >= 0.3 is 5.63 Å². The van der Waals surface area contributed by atoms with Crippen molar-refractivity contribution >= 4 is 21.7 Å². The fourth-order valence-electron chi connectivity index (χ4n) is 4.42. The lowest BCUT2D eigenvalue weighted by molar-refractivity contribution is -0.942. The number of hydrogen-bond donors (Lipinski definition) is 2. The second kappa shape index (κ2) is 7.54. The summed E-state index contributed by atoms with van der Waals surface area (Å²) in [6.07, 6.45) is 1.15. The topological polar surface area (TPSA) is 57.5 Å². The summed E-state index contributed by atoms with van der Waals surface area (Å²) in [7, 11) is 0. The molecule has 28 heavy (non-hydrogen) atoms. The molecule has 0 aliphatic carbocycles. The lowest BCUT2D eigenvalue weighted by Crippen LogP contribution is -3.16. The maximum atomic E-state index is 12.5. The first-order valence-electron chi connectivity index (χ1n) is 10.1. The number of benzene rings is 2. The number of ether oxygens (including phenoxy) is 2. The van der Waals surface area contributed by atoms with Crippen molar-refractivity contribution < 1.29 is 23.7 Å². The highest BCUT2D eigenvalue weighted by atomic mass is 16.5. The SMILES string of the molecule is O=c1oc2c3c(ccc2c2ccccc12)OC[NH+](CCC[NH+]1CCOCC1)C3. The average molecular weight is 382 g/mol. The zero-order chi connectivity index (χ0) is 18.9. The fraction of sp³-hybridized carbons (Fsp3) is 0.409. The Morgan fingerprint density at radius 3 is 2.54 bits per heavy atom. The van der Waals surface area contributed by atoms with Gasteiger partial charge in [0.1, 0.15) is 25.4 Å². The number of morpholine rings is 1. The van der Waals surface area contributed by atoms with Crippen LogP contribution < -0.4 is 20.2 Å². The van der Waals surface area contributed by atoms with Crippen LogP contribution in [0.3, 0.4) is 0 Å². The molecule has 0 saturated carbocycles. The van der Waals surface area contributed by atoms with Gasteiger partial charge in [0.25, 0.3) is 0 Å². The van der Waals surface area contributed by atoms with Crippen molar-refractivity contribution in [3.05, 3.63) is 52.4 Å². The van der Waals surface area contributed by atoms with Gasteiger partial charge in [-0.05, 0) is 23.6 Å². The van der Waals surface area contributed by atoms with Crippen molar-refractivity contribution in [3.63, 3.8) is 0 Å². The van der Waals surface area contributed by atoms with E-state index in [0.717, 1.165) is 67.9 Å². The molecular formula is C22H26N2O4+2. The van der Waals surface area contributed by atoms with E-state index in [1.165, 1.54) is 11.4 Å². The van der Waals surface area contributed by atoms with Gasteiger partial charge < -0.3 is 18.8 Å². The summed E-state index contributed by atoms with van der Waals surface area (Å²) < 4.78 is 17.2. The maximum Gasteiger partial charge on any atom is 0.344 e. The summed E-state index contributed by atoms with van der Waals surface area (Å²) in [5.74, 6) is 0.841. The fourth-order valence-corrected chi connectivity index (χ4v) is 4.42. The van der Waals surface area contributed by atoms with Gasteiger partial charge in [-0.2, -0.15) is 0 Å². The largest absolute Gasteiger partial charge is 0.445 e. The summed E-state index contributed by atoms with van der Waals surface area (Å²) >= 11 is 0. The summed E-state index contributed by atoms with van der Waals surface area (Å²) in [5, 5.41) is 2.56. The van der Waals surface area contributed by atoms with Crippen LogP contribution in [-0.4, -0.2) is 46.1 Å². The van der Waals surface area contributed by atoms with Crippen molar-refractivity contribution in [1.82, 2.24) is 0 Å². The van der Waals surface area contributed by atoms with Crippen molar-refractivity contribution in [2.24, 2.45) is 0 Å². The first-order chi connectivity index (χ1) is 13.8. The zero-order valence-electron chi connectivity index (χ0n) is 16.0. The van der Waals surface area contributed by atoms with Crippen LogP contribution in [0.15, 0.2) is 45.6 Å². The monoisotopic (exact) mass is 382 g/mol. The maximum absolute atomic E-state index is 12.5. The molecule has 146 valence electrons. The van der Waals surface area contributed by atoms with Crippen LogP contribution in [0, 0.1) is 0 Å². The van der Waals surface area contributed by atoms with Gasteiger partial charge in [-0.15, -0.1) is 0 Å². The van der Waals surface area contributed by atoms with Gasteiger partial charge in [0, 0.05) is 11.8 Å². The highest BCUT2D eigenvalue weighted by Gasteiger charge is 2.25. The Morgan fingerprint density at radius 2 is 1.68 bits per heavy atom. The summed E-state index contributed by atoms with van der Waals surface area (Å²) in [4.78, 5) is 15.5. The summed E-state index contributed by atoms with van der Waals surface area (Å²) in [6, 6.07) is 11.7. The minimum atomic E-state index is -0.278. The highest BCUT2D eigenvalue weighted by molar-refractivity contribution is 6.05. The van der Waals surface area contributed by atoms with E-state index in [4.69, 9.17) is 13.9 Å². The number of quaternary nitrogens is 2. The molecule has 0 radical (unpaired) electrons. The lowest BCUT2D eigenvalue weighted by atomic mass is 10.0. The van der Waals surface area contributed by atoms with E-state index in [2.05, 4.69) is 0 Å². The van der Waals surface area contributed by atoms with Crippen molar-refractivity contribution in [1.29, 1.82) is 0 Å². The molecule has 2 aromatic carbocycles. The number of rotatable bonds is 4. The number of nitrogens with one attached hydrogen (secondary N) is 2. The molecule has 1 saturated heterocycles. The molecule has 5 rings (SSSR count). The van der Waals surface area contributed by atoms with Crippen LogP contribution in [0.25, 0.3) is 21.7 Å². The van der Waals surface area contributed by atoms with Crippen LogP contribution in [0.1, 0.15) is 12.0 Å². The minimum Gasteiger partial charge on any atom is -0.445 e. The predicted molar refractivity (Wildman–Crippen MR) is 106 cm³/mol. The quantitative estimate of drug-likeness (QED) is 0.492. The molecule has 6 heteroatoms. The second-order valence-corrected chi connectivity index (χ2v) is 7.79. The van der Waals surface area contributed by atoms with Crippen LogP contribution in [0.5, 0.6) is 5.75 Å². The Balaban J connectivity index is 1.39. The predicted octanol–water partition coefficient (Wildman–Crippen LogP) is -0.0138. The van der Waals surface area contributed by atoms with Gasteiger partial charge in [0.05, 0.1) is 37.3 Å². The minimum absolute atomic E-state index is 0.278. The van der Waals surface area contributed by atoms with Crippen molar-refractivity contribution in [2.45, 2.75) is 13.0 Å². The molecular weight excluding hydrogens is 356 g/mol. The van der Waals surface area contributed by atoms with Gasteiger partial charge in [0.2, 0.25) is 6.73 Å². The molecule has 2 N–H and O–H groups in total. The molecule has 3 aromatic rings. The van der Waals surface area contributed by atoms with Gasteiger partial charge in [-0.1, -0.05) is 18.2 Å². The molecule has 0 spiro atoms. The van der Waals surface area contributed by atoms with E-state index < -0.39 is 0 Å². The molecule has 1 unspecified atom stereocenters. The Morgan fingerprint density at radius 1 is 0.893 bits per heavy atom. The number of fused-ring (bicyclic) bond motifs is 5. The molecule has 1 fully saturated rings. The lowest BCUT2D eigenvalue weighted by Gasteiger charge is -2.28. The van der Waals surface area contributed by atoms with E-state index in [9.17, 15) is 4.79 Å². The molecule has 6 nitrogen and oxygen atoms in total. The second-order valence-electron chi connectivity index (χ2n) is 7.79. The van der Waals surface area contributed by atoms with Crippen molar-refractivity contribution in [3.8, 4) is 5.75 Å². The molecule has 0 amide bonds. The third kappa shape index (κ3) is 3.28. The molecule has 2 aliphatic heterocycles. The molecule has 2 aliphatic rings. The van der Waals surface area contributed by atoms with Gasteiger partial charge in [-0.25, -0.2) is 4.79 Å². The van der Waals surface area contributed by atoms with Crippen LogP contribution in [0.4, 0.5) is 0 Å². The first-order valence-corrected chi connectivity index (χ1v) is 10.1. The summed E-state index contributed by atoms with van der Waals surface area (Å²) in [6.45, 7) is 7.69. The first kappa shape index (κ1) is 17.7. The highest BCUT2D eigenvalue weighted by Crippen LogP contribution is 2.31. The third-order valence-corrected chi connectivity index (χ3v) is 5.97. The molecule has 1 atom stereocenters. The Hall–Kier alpha value is -2.41. The Labute approximate surface area is 163 Å². The normalized spacial score (nSPS) is 20.2. The Bertz CT molecular complexity index is 1060. The van der Waals surface area contributed by atoms with Gasteiger partial charge in [0.15, 0.2) is 5.58 Å². The van der Waals surface area contributed by atoms with E-state index >= 15 is 0 Å². The third-order valence-electron chi connectivity index (χ3n) is 5.97. The van der Waals surface area contributed by atoms with Crippen molar-refractivity contribution in [2.75, 3.05) is 46.1 Å². The summed E-state index contributed by atoms with van der Waals surface area (Å²) in [5.41, 5.74) is 1.41.